The summed E-state index contributed by atoms with van der Waals surface area (Å²) in [5, 5.41) is 13.5. The maximum atomic E-state index is 11.8. The number of aryl methyl sites for hydroxylation is 2. The molecule has 0 aliphatic rings. The van der Waals surface area contributed by atoms with E-state index >= 15 is 0 Å². The summed E-state index contributed by atoms with van der Waals surface area (Å²) in [6.45, 7) is 5.07. The standard InChI is InChI=1S/C12H15N5O2S/c1-6-9(5-13)11(16-8(3)15-6)20-7(2)10(18)17-12(19)14-4/h7H,1-4H3,(H2,14,17,18,19)/t7-/m1/s1. The number of carbonyl (C=O) groups is 2. The average Bonchev–Trinajstić information content (AvgIpc) is 2.37. The molecule has 106 valence electrons. The molecule has 0 spiro atoms. The van der Waals surface area contributed by atoms with E-state index in [2.05, 4.69) is 20.6 Å². The molecule has 1 rings (SSSR count). The lowest BCUT2D eigenvalue weighted by molar-refractivity contribution is -0.119. The Labute approximate surface area is 121 Å². The van der Waals surface area contributed by atoms with Crippen molar-refractivity contribution >= 4 is 23.7 Å². The number of carbonyl (C=O) groups excluding carboxylic acids is 2. The van der Waals surface area contributed by atoms with Gasteiger partial charge in [0.15, 0.2) is 0 Å². The Balaban J connectivity index is 2.91. The molecule has 0 unspecified atom stereocenters. The first-order valence-corrected chi connectivity index (χ1v) is 6.71. The van der Waals surface area contributed by atoms with Gasteiger partial charge in [0.2, 0.25) is 5.91 Å². The first-order valence-electron chi connectivity index (χ1n) is 5.83. The molecular formula is C12H15N5O2S. The molecule has 20 heavy (non-hydrogen) atoms. The molecule has 0 aliphatic carbocycles. The Kier molecular flexibility index (Phi) is 5.46. The summed E-state index contributed by atoms with van der Waals surface area (Å²) in [4.78, 5) is 31.1. The topological polar surface area (TPSA) is 108 Å². The van der Waals surface area contributed by atoms with Gasteiger partial charge in [-0.3, -0.25) is 10.1 Å². The van der Waals surface area contributed by atoms with Crippen LogP contribution in [0.25, 0.3) is 0 Å². The normalized spacial score (nSPS) is 11.3. The number of hydrogen-bond acceptors (Lipinski definition) is 6. The third-order valence-corrected chi connectivity index (χ3v) is 3.49. The van der Waals surface area contributed by atoms with Crippen molar-refractivity contribution in [1.29, 1.82) is 5.26 Å². The van der Waals surface area contributed by atoms with Crippen molar-refractivity contribution < 1.29 is 9.59 Å². The van der Waals surface area contributed by atoms with Gasteiger partial charge in [-0.15, -0.1) is 0 Å². The van der Waals surface area contributed by atoms with E-state index in [-0.39, 0.29) is 0 Å². The number of rotatable bonds is 3. The van der Waals surface area contributed by atoms with Crippen LogP contribution >= 0.6 is 11.8 Å². The van der Waals surface area contributed by atoms with E-state index < -0.39 is 17.2 Å². The number of amides is 3. The Morgan fingerprint density at radius 3 is 2.55 bits per heavy atom. The summed E-state index contributed by atoms with van der Waals surface area (Å²) in [6, 6.07) is 1.46. The molecule has 1 atom stereocenters. The summed E-state index contributed by atoms with van der Waals surface area (Å²) >= 11 is 1.12. The van der Waals surface area contributed by atoms with Crippen LogP contribution in [0.2, 0.25) is 0 Å². The Bertz CT molecular complexity index is 582. The first kappa shape index (κ1) is 15.9. The molecule has 1 aromatic heterocycles. The average molecular weight is 293 g/mol. The van der Waals surface area contributed by atoms with E-state index in [0.717, 1.165) is 11.8 Å². The lowest BCUT2D eigenvalue weighted by atomic mass is 10.3. The number of hydrogen-bond donors (Lipinski definition) is 2. The molecule has 0 saturated carbocycles. The first-order chi connectivity index (χ1) is 9.38. The van der Waals surface area contributed by atoms with Crippen LogP contribution in [0.15, 0.2) is 5.03 Å². The Morgan fingerprint density at radius 1 is 1.35 bits per heavy atom. The molecule has 2 N–H and O–H groups in total. The second-order valence-electron chi connectivity index (χ2n) is 3.98. The van der Waals surface area contributed by atoms with E-state index in [0.29, 0.717) is 22.1 Å². The monoisotopic (exact) mass is 293 g/mol. The number of imide groups is 1. The molecular weight excluding hydrogens is 278 g/mol. The van der Waals surface area contributed by atoms with Crippen molar-refractivity contribution in [2.45, 2.75) is 31.0 Å². The minimum atomic E-state index is -0.571. The molecule has 0 radical (unpaired) electrons. The molecule has 0 bridgehead atoms. The van der Waals surface area contributed by atoms with Crippen molar-refractivity contribution in [1.82, 2.24) is 20.6 Å². The Morgan fingerprint density at radius 2 is 2.00 bits per heavy atom. The number of thioether (sulfide) groups is 1. The fraction of sp³-hybridized carbons (Fsp3) is 0.417. The molecule has 0 saturated heterocycles. The van der Waals surface area contributed by atoms with E-state index in [1.807, 2.05) is 6.07 Å². The quantitative estimate of drug-likeness (QED) is 0.633. The van der Waals surface area contributed by atoms with Crippen LogP contribution in [-0.4, -0.2) is 34.2 Å². The van der Waals surface area contributed by atoms with Crippen molar-refractivity contribution in [2.75, 3.05) is 7.05 Å². The number of aromatic nitrogens is 2. The Hall–Kier alpha value is -2.14. The smallest absolute Gasteiger partial charge is 0.321 e. The van der Waals surface area contributed by atoms with Gasteiger partial charge in [-0.1, -0.05) is 11.8 Å². The highest BCUT2D eigenvalue weighted by Crippen LogP contribution is 2.26. The zero-order valence-electron chi connectivity index (χ0n) is 11.6. The minimum Gasteiger partial charge on any atom is -0.341 e. The van der Waals surface area contributed by atoms with E-state index in [1.165, 1.54) is 7.05 Å². The van der Waals surface area contributed by atoms with Gasteiger partial charge in [-0.05, 0) is 20.8 Å². The highest BCUT2D eigenvalue weighted by molar-refractivity contribution is 8.00. The summed E-state index contributed by atoms with van der Waals surface area (Å²) in [7, 11) is 1.42. The van der Waals surface area contributed by atoms with Gasteiger partial charge in [0.05, 0.1) is 10.9 Å². The minimum absolute atomic E-state index is 0.347. The van der Waals surface area contributed by atoms with E-state index in [9.17, 15) is 9.59 Å². The maximum Gasteiger partial charge on any atom is 0.321 e. The molecule has 0 fully saturated rings. The van der Waals surface area contributed by atoms with Gasteiger partial charge < -0.3 is 5.32 Å². The van der Waals surface area contributed by atoms with Gasteiger partial charge in [0.1, 0.15) is 22.5 Å². The van der Waals surface area contributed by atoms with E-state index in [1.54, 1.807) is 20.8 Å². The maximum absolute atomic E-state index is 11.8. The molecule has 3 amide bonds. The third kappa shape index (κ3) is 3.93. The van der Waals surface area contributed by atoms with Crippen molar-refractivity contribution in [3.05, 3.63) is 17.1 Å². The van der Waals surface area contributed by atoms with E-state index in [4.69, 9.17) is 5.26 Å². The number of urea groups is 1. The van der Waals surface area contributed by atoms with Crippen molar-refractivity contribution in [3.8, 4) is 6.07 Å². The molecule has 0 aromatic carbocycles. The number of nitrogens with zero attached hydrogens (tertiary/aromatic N) is 3. The molecule has 1 aromatic rings. The van der Waals surface area contributed by atoms with Crippen LogP contribution in [0.5, 0.6) is 0 Å². The molecule has 7 nitrogen and oxygen atoms in total. The summed E-state index contributed by atoms with van der Waals surface area (Å²) < 4.78 is 0. The van der Waals surface area contributed by atoms with Crippen LogP contribution in [0.3, 0.4) is 0 Å². The number of nitrogens with one attached hydrogen (secondary N) is 2. The fourth-order valence-corrected chi connectivity index (χ4v) is 2.39. The van der Waals surface area contributed by atoms with Crippen LogP contribution in [0.1, 0.15) is 24.0 Å². The zero-order valence-corrected chi connectivity index (χ0v) is 12.5. The molecule has 8 heteroatoms. The van der Waals surface area contributed by atoms with Gasteiger partial charge in [-0.2, -0.15) is 5.26 Å². The van der Waals surface area contributed by atoms with Crippen LogP contribution in [-0.2, 0) is 4.79 Å². The molecule has 0 aliphatic heterocycles. The SMILES string of the molecule is CNC(=O)NC(=O)[C@@H](C)Sc1nc(C)nc(C)c1C#N. The predicted octanol–water partition coefficient (Wildman–Crippen LogP) is 0.901. The van der Waals surface area contributed by atoms with Crippen LogP contribution in [0.4, 0.5) is 4.79 Å². The lowest BCUT2D eigenvalue weighted by Crippen LogP contribution is -2.41. The largest absolute Gasteiger partial charge is 0.341 e. The molecule has 1 heterocycles. The lowest BCUT2D eigenvalue weighted by Gasteiger charge is -2.12. The van der Waals surface area contributed by atoms with Gasteiger partial charge in [0, 0.05) is 7.05 Å². The summed E-state index contributed by atoms with van der Waals surface area (Å²) in [5.41, 5.74) is 0.918. The van der Waals surface area contributed by atoms with Crippen LogP contribution < -0.4 is 10.6 Å². The van der Waals surface area contributed by atoms with Crippen molar-refractivity contribution in [2.24, 2.45) is 0 Å². The predicted molar refractivity (Wildman–Crippen MR) is 74.1 cm³/mol. The van der Waals surface area contributed by atoms with Gasteiger partial charge in [-0.25, -0.2) is 14.8 Å². The summed E-state index contributed by atoms with van der Waals surface area (Å²) in [6.07, 6.45) is 0. The third-order valence-electron chi connectivity index (χ3n) is 2.40. The summed E-state index contributed by atoms with van der Waals surface area (Å²) in [5.74, 6) is 0.0788. The highest BCUT2D eigenvalue weighted by atomic mass is 32.2. The number of nitriles is 1. The zero-order chi connectivity index (χ0) is 15.3. The van der Waals surface area contributed by atoms with Gasteiger partial charge >= 0.3 is 6.03 Å². The second-order valence-corrected chi connectivity index (χ2v) is 5.31. The van der Waals surface area contributed by atoms with Crippen molar-refractivity contribution in [3.63, 3.8) is 0 Å². The fourth-order valence-electron chi connectivity index (χ4n) is 1.39. The highest BCUT2D eigenvalue weighted by Gasteiger charge is 2.20. The van der Waals surface area contributed by atoms with Gasteiger partial charge in [0.25, 0.3) is 0 Å². The van der Waals surface area contributed by atoms with Crippen LogP contribution in [0, 0.1) is 25.2 Å². The second kappa shape index (κ2) is 6.86.